The van der Waals surface area contributed by atoms with Gasteiger partial charge in [0.1, 0.15) is 5.82 Å². The van der Waals surface area contributed by atoms with Gasteiger partial charge >= 0.3 is 0 Å². The van der Waals surface area contributed by atoms with Gasteiger partial charge in [-0.05, 0) is 73.8 Å². The number of amides is 2. The molecule has 1 unspecified atom stereocenters. The molecule has 8 nitrogen and oxygen atoms in total. The van der Waals surface area contributed by atoms with E-state index >= 15 is 0 Å². The molecule has 5 rings (SSSR count). The van der Waals surface area contributed by atoms with Crippen LogP contribution in [0, 0.1) is 0 Å². The fraction of sp³-hybridized carbons (Fsp3) is 0.290. The molecule has 2 N–H and O–H groups in total. The maximum Gasteiger partial charge on any atom is 0.261 e. The number of carbonyl (C=O) groups is 2. The van der Waals surface area contributed by atoms with Crippen molar-refractivity contribution in [1.82, 2.24) is 19.4 Å². The summed E-state index contributed by atoms with van der Waals surface area (Å²) in [7, 11) is 0. The Morgan fingerprint density at radius 1 is 0.951 bits per heavy atom. The zero-order valence-electron chi connectivity index (χ0n) is 22.5. The molecule has 0 radical (unpaired) electrons. The Balaban J connectivity index is 1.75. The van der Waals surface area contributed by atoms with Crippen LogP contribution in [0.5, 0.6) is 0 Å². The van der Waals surface area contributed by atoms with Gasteiger partial charge in [-0.2, -0.15) is 0 Å². The molecular formula is C31H31Cl2N5O3. The zero-order chi connectivity index (χ0) is 28.9. The summed E-state index contributed by atoms with van der Waals surface area (Å²) in [5.74, 6) is -0.471. The lowest BCUT2D eigenvalue weighted by atomic mass is 10.1. The van der Waals surface area contributed by atoms with Crippen LogP contribution in [0.15, 0.2) is 77.6 Å². The Bertz CT molecular complexity index is 1600. The van der Waals surface area contributed by atoms with Crippen LogP contribution in [-0.2, 0) is 11.3 Å². The van der Waals surface area contributed by atoms with Crippen molar-refractivity contribution >= 4 is 45.9 Å². The third-order valence-electron chi connectivity index (χ3n) is 7.29. The summed E-state index contributed by atoms with van der Waals surface area (Å²) in [5, 5.41) is 1.28. The van der Waals surface area contributed by atoms with Crippen LogP contribution in [-0.4, -0.2) is 57.3 Å². The van der Waals surface area contributed by atoms with Crippen LogP contribution in [0.1, 0.15) is 47.1 Å². The topological polar surface area (TPSA) is 102 Å². The quantitative estimate of drug-likeness (QED) is 0.298. The Morgan fingerprint density at radius 2 is 1.63 bits per heavy atom. The van der Waals surface area contributed by atoms with E-state index in [2.05, 4.69) is 0 Å². The second-order valence-corrected chi connectivity index (χ2v) is 11.0. The smallest absolute Gasteiger partial charge is 0.261 e. The van der Waals surface area contributed by atoms with E-state index in [1.807, 2.05) is 30.3 Å². The van der Waals surface area contributed by atoms with Gasteiger partial charge in [0.05, 0.1) is 17.4 Å². The molecule has 1 aliphatic heterocycles. The van der Waals surface area contributed by atoms with Crippen molar-refractivity contribution in [2.24, 2.45) is 5.73 Å². The van der Waals surface area contributed by atoms with E-state index in [0.717, 1.165) is 18.4 Å². The zero-order valence-corrected chi connectivity index (χ0v) is 24.0. The second-order valence-electron chi connectivity index (χ2n) is 10.1. The number of hydrogen-bond acceptors (Lipinski definition) is 5. The number of carbonyl (C=O) groups excluding carboxylic acids is 2. The summed E-state index contributed by atoms with van der Waals surface area (Å²) in [4.78, 5) is 50.6. The van der Waals surface area contributed by atoms with Crippen LogP contribution in [0.25, 0.3) is 10.9 Å². The van der Waals surface area contributed by atoms with Gasteiger partial charge in [0.15, 0.2) is 6.04 Å². The first-order valence-electron chi connectivity index (χ1n) is 13.7. The number of hydrogen-bond donors (Lipinski definition) is 1. The molecule has 212 valence electrons. The number of nitrogens with zero attached hydrogens (tertiary/aromatic N) is 4. The van der Waals surface area contributed by atoms with Crippen molar-refractivity contribution in [3.05, 3.63) is 110 Å². The number of aromatic nitrogens is 2. The Kier molecular flexibility index (Phi) is 9.03. The standard InChI is InChI=1S/C31H31Cl2N5O3/c32-23-11-9-22(10-12-23)29(39)37(18-6-15-34)27(31(41)36-16-4-5-17-36)28-35-26-19-24(33)13-14-25(26)30(40)38(28)20-21-7-2-1-3-8-21/h1-3,7-14,19,27H,4-6,15-18,20,34H2. The molecule has 2 heterocycles. The lowest BCUT2D eigenvalue weighted by molar-refractivity contribution is -0.135. The molecule has 1 aliphatic rings. The van der Waals surface area contributed by atoms with Gasteiger partial charge < -0.3 is 15.5 Å². The average molecular weight is 593 g/mol. The van der Waals surface area contributed by atoms with Gasteiger partial charge in [-0.15, -0.1) is 0 Å². The number of halogens is 2. The largest absolute Gasteiger partial charge is 0.340 e. The molecular weight excluding hydrogens is 561 g/mol. The van der Waals surface area contributed by atoms with Crippen molar-refractivity contribution in [2.75, 3.05) is 26.2 Å². The SMILES string of the molecule is NCCCN(C(=O)c1ccc(Cl)cc1)C(C(=O)N1CCCC1)c1nc2cc(Cl)ccc2c(=O)n1Cc1ccccc1. The summed E-state index contributed by atoms with van der Waals surface area (Å²) in [5.41, 5.74) is 7.15. The van der Waals surface area contributed by atoms with Crippen LogP contribution in [0.2, 0.25) is 10.0 Å². The number of rotatable bonds is 9. The van der Waals surface area contributed by atoms with Gasteiger partial charge in [0.2, 0.25) is 0 Å². The van der Waals surface area contributed by atoms with Crippen molar-refractivity contribution < 1.29 is 9.59 Å². The molecule has 1 fully saturated rings. The molecule has 1 saturated heterocycles. The third-order valence-corrected chi connectivity index (χ3v) is 7.78. The summed E-state index contributed by atoms with van der Waals surface area (Å²) < 4.78 is 1.51. The van der Waals surface area contributed by atoms with Gasteiger partial charge in [0, 0.05) is 35.2 Å². The summed E-state index contributed by atoms with van der Waals surface area (Å²) in [6.45, 7) is 1.81. The van der Waals surface area contributed by atoms with Crippen molar-refractivity contribution in [2.45, 2.75) is 31.8 Å². The highest BCUT2D eigenvalue weighted by Gasteiger charge is 2.39. The number of nitrogens with two attached hydrogens (primary N) is 1. The van der Waals surface area contributed by atoms with E-state index in [9.17, 15) is 14.4 Å². The number of likely N-dealkylation sites (tertiary alicyclic amines) is 1. The van der Waals surface area contributed by atoms with E-state index in [-0.39, 0.29) is 36.3 Å². The number of fused-ring (bicyclic) bond motifs is 1. The fourth-order valence-corrected chi connectivity index (χ4v) is 5.49. The number of benzene rings is 3. The van der Waals surface area contributed by atoms with Gasteiger partial charge in [0.25, 0.3) is 17.4 Å². The monoisotopic (exact) mass is 591 g/mol. The molecule has 0 aliphatic carbocycles. The molecule has 1 aromatic heterocycles. The molecule has 3 aromatic carbocycles. The maximum atomic E-state index is 14.4. The Labute approximate surface area is 248 Å². The van der Waals surface area contributed by atoms with Crippen molar-refractivity contribution in [1.29, 1.82) is 0 Å². The molecule has 2 amide bonds. The van der Waals surface area contributed by atoms with Crippen LogP contribution in [0.3, 0.4) is 0 Å². The van der Waals surface area contributed by atoms with Crippen molar-refractivity contribution in [3.63, 3.8) is 0 Å². The van der Waals surface area contributed by atoms with Gasteiger partial charge in [-0.25, -0.2) is 4.98 Å². The van der Waals surface area contributed by atoms with E-state index in [4.69, 9.17) is 33.9 Å². The third kappa shape index (κ3) is 6.30. The van der Waals surface area contributed by atoms with Crippen LogP contribution < -0.4 is 11.3 Å². The highest BCUT2D eigenvalue weighted by molar-refractivity contribution is 6.31. The van der Waals surface area contributed by atoms with Crippen LogP contribution in [0.4, 0.5) is 0 Å². The first-order valence-corrected chi connectivity index (χ1v) is 14.4. The molecule has 0 saturated carbocycles. The predicted octanol–water partition coefficient (Wildman–Crippen LogP) is 4.91. The lowest BCUT2D eigenvalue weighted by Gasteiger charge is -2.34. The van der Waals surface area contributed by atoms with E-state index < -0.39 is 6.04 Å². The van der Waals surface area contributed by atoms with E-state index in [1.54, 1.807) is 47.4 Å². The summed E-state index contributed by atoms with van der Waals surface area (Å²) in [6.07, 6.45) is 2.18. The first kappa shape index (κ1) is 28.8. The lowest BCUT2D eigenvalue weighted by Crippen LogP contribution is -2.48. The molecule has 0 spiro atoms. The molecule has 4 aromatic rings. The Hall–Kier alpha value is -3.72. The molecule has 41 heavy (non-hydrogen) atoms. The van der Waals surface area contributed by atoms with Gasteiger partial charge in [-0.3, -0.25) is 19.0 Å². The van der Waals surface area contributed by atoms with Crippen molar-refractivity contribution in [3.8, 4) is 0 Å². The molecule has 10 heteroatoms. The van der Waals surface area contributed by atoms with Crippen LogP contribution >= 0.6 is 23.2 Å². The molecule has 0 bridgehead atoms. The summed E-state index contributed by atoms with van der Waals surface area (Å²) in [6, 6.07) is 19.7. The predicted molar refractivity (Wildman–Crippen MR) is 161 cm³/mol. The minimum Gasteiger partial charge on any atom is -0.340 e. The summed E-state index contributed by atoms with van der Waals surface area (Å²) >= 11 is 12.4. The molecule has 1 atom stereocenters. The minimum atomic E-state index is -1.16. The average Bonchev–Trinajstić information content (AvgIpc) is 3.52. The van der Waals surface area contributed by atoms with E-state index in [0.29, 0.717) is 52.6 Å². The normalized spacial score (nSPS) is 13.9. The fourth-order valence-electron chi connectivity index (χ4n) is 5.20. The highest BCUT2D eigenvalue weighted by atomic mass is 35.5. The van der Waals surface area contributed by atoms with Gasteiger partial charge in [-0.1, -0.05) is 53.5 Å². The first-order chi connectivity index (χ1) is 19.9. The minimum absolute atomic E-state index is 0.171. The second kappa shape index (κ2) is 12.9. The van der Waals surface area contributed by atoms with E-state index in [1.165, 1.54) is 9.47 Å². The maximum absolute atomic E-state index is 14.4. The Morgan fingerprint density at radius 3 is 2.32 bits per heavy atom. The highest BCUT2D eigenvalue weighted by Crippen LogP contribution is 2.28.